The molecule has 1 heterocycles. The third-order valence-corrected chi connectivity index (χ3v) is 3.90. The first-order valence-corrected chi connectivity index (χ1v) is 6.84. The number of carbonyl (C=O) groups excluding carboxylic acids is 1. The number of methoxy groups -OCH3 is 1. The fraction of sp³-hybridized carbons (Fsp3) is 0.467. The second kappa shape index (κ2) is 6.03. The van der Waals surface area contributed by atoms with Crippen LogP contribution >= 0.6 is 0 Å². The van der Waals surface area contributed by atoms with Crippen LogP contribution in [0, 0.1) is 5.41 Å². The Bertz CT molecular complexity index is 546. The molecule has 0 aliphatic carbocycles. The van der Waals surface area contributed by atoms with Crippen molar-refractivity contribution in [2.24, 2.45) is 5.41 Å². The van der Waals surface area contributed by atoms with Crippen LogP contribution in [0.2, 0.25) is 0 Å². The molecule has 1 atom stereocenters. The average molecular weight is 292 g/mol. The molecule has 21 heavy (non-hydrogen) atoms. The summed E-state index contributed by atoms with van der Waals surface area (Å²) >= 11 is 0. The molecule has 0 saturated carbocycles. The van der Waals surface area contributed by atoms with E-state index < -0.39 is 11.4 Å². The number of benzene rings is 1. The van der Waals surface area contributed by atoms with Crippen molar-refractivity contribution in [3.8, 4) is 5.75 Å². The maximum atomic E-state index is 12.1. The predicted molar refractivity (Wildman–Crippen MR) is 77.2 cm³/mol. The molecule has 6 nitrogen and oxygen atoms in total. The van der Waals surface area contributed by atoms with Crippen LogP contribution in [0.25, 0.3) is 0 Å². The summed E-state index contributed by atoms with van der Waals surface area (Å²) in [6.45, 7) is 2.71. The summed E-state index contributed by atoms with van der Waals surface area (Å²) in [5.41, 5.74) is 0.0375. The molecule has 1 aliphatic rings. The lowest BCUT2D eigenvalue weighted by Gasteiger charge is -2.20. The Morgan fingerprint density at radius 1 is 1.43 bits per heavy atom. The number of nitrogens with zero attached hydrogens (tertiary/aromatic N) is 1. The minimum atomic E-state index is -0.859. The fourth-order valence-electron chi connectivity index (χ4n) is 2.44. The van der Waals surface area contributed by atoms with Gasteiger partial charge in [-0.3, -0.25) is 4.79 Å². The minimum absolute atomic E-state index is 0.236. The highest BCUT2D eigenvalue weighted by Crippen LogP contribution is 2.30. The van der Waals surface area contributed by atoms with Crippen molar-refractivity contribution in [3.63, 3.8) is 0 Å². The van der Waals surface area contributed by atoms with Crippen LogP contribution in [0.5, 0.6) is 5.75 Å². The number of rotatable bonds is 4. The zero-order chi connectivity index (χ0) is 15.5. The lowest BCUT2D eigenvalue weighted by Crippen LogP contribution is -2.40. The minimum Gasteiger partial charge on any atom is -0.496 e. The van der Waals surface area contributed by atoms with Crippen molar-refractivity contribution in [1.29, 1.82) is 0 Å². The largest absolute Gasteiger partial charge is 0.496 e. The highest BCUT2D eigenvalue weighted by Gasteiger charge is 2.42. The molecule has 114 valence electrons. The van der Waals surface area contributed by atoms with Crippen LogP contribution in [0.15, 0.2) is 24.3 Å². The summed E-state index contributed by atoms with van der Waals surface area (Å²) in [6.07, 6.45) is 0.477. The van der Waals surface area contributed by atoms with E-state index in [0.29, 0.717) is 19.5 Å². The number of para-hydroxylation sites is 1. The fourth-order valence-corrected chi connectivity index (χ4v) is 2.44. The number of ether oxygens (including phenoxy) is 1. The lowest BCUT2D eigenvalue weighted by atomic mass is 9.90. The first-order valence-electron chi connectivity index (χ1n) is 6.84. The van der Waals surface area contributed by atoms with Gasteiger partial charge in [-0.05, 0) is 19.4 Å². The van der Waals surface area contributed by atoms with E-state index in [-0.39, 0.29) is 12.6 Å². The molecule has 1 aliphatic heterocycles. The maximum absolute atomic E-state index is 12.1. The number of hydrogen-bond donors (Lipinski definition) is 2. The quantitative estimate of drug-likeness (QED) is 0.885. The average Bonchev–Trinajstić information content (AvgIpc) is 2.89. The van der Waals surface area contributed by atoms with Gasteiger partial charge >= 0.3 is 12.0 Å². The molecule has 2 N–H and O–H groups in total. The second-order valence-corrected chi connectivity index (χ2v) is 5.51. The number of carboxylic acids is 1. The van der Waals surface area contributed by atoms with Gasteiger partial charge in [0.25, 0.3) is 0 Å². The normalized spacial score (nSPS) is 21.1. The van der Waals surface area contributed by atoms with Gasteiger partial charge in [0.1, 0.15) is 5.75 Å². The molecule has 1 aromatic rings. The molecule has 0 aromatic heterocycles. The number of amides is 2. The van der Waals surface area contributed by atoms with Gasteiger partial charge in [-0.25, -0.2) is 4.79 Å². The Balaban J connectivity index is 1.93. The van der Waals surface area contributed by atoms with Crippen LogP contribution in [-0.4, -0.2) is 42.2 Å². The number of urea groups is 1. The molecule has 1 aromatic carbocycles. The lowest BCUT2D eigenvalue weighted by molar-refractivity contribution is -0.146. The molecular weight excluding hydrogens is 272 g/mol. The third kappa shape index (κ3) is 3.26. The molecule has 1 unspecified atom stereocenters. The summed E-state index contributed by atoms with van der Waals surface area (Å²) in [7, 11) is 1.58. The molecule has 6 heteroatoms. The number of carboxylic acid groups (broad SMARTS) is 1. The zero-order valence-corrected chi connectivity index (χ0v) is 12.3. The van der Waals surface area contributed by atoms with Crippen molar-refractivity contribution in [2.45, 2.75) is 19.9 Å². The Morgan fingerprint density at radius 2 is 2.14 bits per heavy atom. The summed E-state index contributed by atoms with van der Waals surface area (Å²) in [5.74, 6) is -0.142. The number of aliphatic carboxylic acids is 1. The van der Waals surface area contributed by atoms with Gasteiger partial charge < -0.3 is 20.1 Å². The highest BCUT2D eigenvalue weighted by atomic mass is 16.5. The first-order chi connectivity index (χ1) is 9.96. The Labute approximate surface area is 123 Å². The van der Waals surface area contributed by atoms with E-state index >= 15 is 0 Å². The molecule has 0 bridgehead atoms. The van der Waals surface area contributed by atoms with Crippen molar-refractivity contribution < 1.29 is 19.4 Å². The van der Waals surface area contributed by atoms with Gasteiger partial charge in [-0.1, -0.05) is 18.2 Å². The Morgan fingerprint density at radius 3 is 2.76 bits per heavy atom. The molecule has 0 radical (unpaired) electrons. The van der Waals surface area contributed by atoms with Gasteiger partial charge in [-0.2, -0.15) is 0 Å². The van der Waals surface area contributed by atoms with Crippen molar-refractivity contribution >= 4 is 12.0 Å². The molecule has 0 spiro atoms. The number of hydrogen-bond acceptors (Lipinski definition) is 3. The Kier molecular flexibility index (Phi) is 4.35. The summed E-state index contributed by atoms with van der Waals surface area (Å²) in [4.78, 5) is 24.8. The van der Waals surface area contributed by atoms with Gasteiger partial charge in [0, 0.05) is 25.2 Å². The number of nitrogens with one attached hydrogen (secondary N) is 1. The SMILES string of the molecule is COc1ccccc1CNC(=O)N1CCC(C)(C(=O)O)C1. The predicted octanol–water partition coefficient (Wildman–Crippen LogP) is 1.70. The van der Waals surface area contributed by atoms with Crippen LogP contribution < -0.4 is 10.1 Å². The molecule has 1 saturated heterocycles. The smallest absolute Gasteiger partial charge is 0.317 e. The standard InChI is InChI=1S/C15H20N2O4/c1-15(13(18)19)7-8-17(10-15)14(20)16-9-11-5-3-4-6-12(11)21-2/h3-6H,7-10H2,1-2H3,(H,16,20)(H,18,19). The van der Waals surface area contributed by atoms with Gasteiger partial charge in [-0.15, -0.1) is 0 Å². The van der Waals surface area contributed by atoms with Crippen LogP contribution in [-0.2, 0) is 11.3 Å². The van der Waals surface area contributed by atoms with Crippen LogP contribution in [0.3, 0.4) is 0 Å². The highest BCUT2D eigenvalue weighted by molar-refractivity contribution is 5.79. The van der Waals surface area contributed by atoms with E-state index in [4.69, 9.17) is 4.74 Å². The second-order valence-electron chi connectivity index (χ2n) is 5.51. The van der Waals surface area contributed by atoms with Crippen LogP contribution in [0.4, 0.5) is 4.79 Å². The van der Waals surface area contributed by atoms with E-state index in [2.05, 4.69) is 5.32 Å². The monoisotopic (exact) mass is 292 g/mol. The van der Waals surface area contributed by atoms with Crippen molar-refractivity contribution in [1.82, 2.24) is 10.2 Å². The summed E-state index contributed by atoms with van der Waals surface area (Å²) in [5, 5.41) is 12.0. The summed E-state index contributed by atoms with van der Waals surface area (Å²) < 4.78 is 5.23. The number of carbonyl (C=O) groups is 2. The van der Waals surface area contributed by atoms with Gasteiger partial charge in [0.2, 0.25) is 0 Å². The van der Waals surface area contributed by atoms with Gasteiger partial charge in [0.05, 0.1) is 12.5 Å². The van der Waals surface area contributed by atoms with E-state index in [0.717, 1.165) is 11.3 Å². The third-order valence-electron chi connectivity index (χ3n) is 3.90. The Hall–Kier alpha value is -2.24. The van der Waals surface area contributed by atoms with E-state index in [1.807, 2.05) is 24.3 Å². The topological polar surface area (TPSA) is 78.9 Å². The summed E-state index contributed by atoms with van der Waals surface area (Å²) in [6, 6.07) is 7.21. The van der Waals surface area contributed by atoms with E-state index in [9.17, 15) is 14.7 Å². The van der Waals surface area contributed by atoms with Crippen LogP contribution in [0.1, 0.15) is 18.9 Å². The first kappa shape index (κ1) is 15.2. The maximum Gasteiger partial charge on any atom is 0.317 e. The van der Waals surface area contributed by atoms with Crippen molar-refractivity contribution in [2.75, 3.05) is 20.2 Å². The molecule has 2 rings (SSSR count). The number of likely N-dealkylation sites (tertiary alicyclic amines) is 1. The van der Waals surface area contributed by atoms with E-state index in [1.54, 1.807) is 18.9 Å². The molecular formula is C15H20N2O4. The van der Waals surface area contributed by atoms with Gasteiger partial charge in [0.15, 0.2) is 0 Å². The zero-order valence-electron chi connectivity index (χ0n) is 12.3. The van der Waals surface area contributed by atoms with Crippen molar-refractivity contribution in [3.05, 3.63) is 29.8 Å². The van der Waals surface area contributed by atoms with E-state index in [1.165, 1.54) is 0 Å². The molecule has 2 amide bonds. The molecule has 1 fully saturated rings.